The molecule has 0 N–H and O–H groups in total. The highest BCUT2D eigenvalue weighted by Gasteiger charge is 2.38. The second kappa shape index (κ2) is 7.10. The van der Waals surface area contributed by atoms with E-state index in [1.807, 2.05) is 66.9 Å². The van der Waals surface area contributed by atoms with E-state index in [1.54, 1.807) is 28.2 Å². The van der Waals surface area contributed by atoms with Gasteiger partial charge in [-0.25, -0.2) is 19.3 Å². The lowest BCUT2D eigenvalue weighted by Crippen LogP contribution is -2.22. The molecule has 0 saturated heterocycles. The largest absolute Gasteiger partial charge is 0.437 e. The fourth-order valence-electron chi connectivity index (χ4n) is 4.58. The highest BCUT2D eigenvalue weighted by Crippen LogP contribution is 2.50. The van der Waals surface area contributed by atoms with Crippen LogP contribution in [0.1, 0.15) is 27.5 Å². The van der Waals surface area contributed by atoms with E-state index in [-0.39, 0.29) is 0 Å². The van der Waals surface area contributed by atoms with Gasteiger partial charge in [-0.05, 0) is 36.1 Å². The van der Waals surface area contributed by atoms with E-state index in [9.17, 15) is 4.79 Å². The zero-order valence-electron chi connectivity index (χ0n) is 17.9. The molecule has 8 heteroatoms. The Balaban J connectivity index is 1.57. The first-order valence-electron chi connectivity index (χ1n) is 10.8. The van der Waals surface area contributed by atoms with Gasteiger partial charge in [-0.2, -0.15) is 0 Å². The minimum atomic E-state index is -0.441. The third-order valence-corrected chi connectivity index (χ3v) is 7.24. The number of ether oxygens (including phenoxy) is 1. The number of hydrogen-bond acceptors (Lipinski definition) is 7. The molecule has 34 heavy (non-hydrogen) atoms. The van der Waals surface area contributed by atoms with E-state index in [0.717, 1.165) is 21.4 Å². The quantitative estimate of drug-likeness (QED) is 0.312. The molecule has 1 unspecified atom stereocenters. The molecule has 0 saturated carbocycles. The van der Waals surface area contributed by atoms with Gasteiger partial charge in [0.2, 0.25) is 5.88 Å². The summed E-state index contributed by atoms with van der Waals surface area (Å²) in [6, 6.07) is 19.2. The van der Waals surface area contributed by atoms with Crippen molar-refractivity contribution in [3.8, 4) is 23.0 Å². The Morgan fingerprint density at radius 2 is 1.82 bits per heavy atom. The summed E-state index contributed by atoms with van der Waals surface area (Å²) in [5, 5.41) is 7.40. The van der Waals surface area contributed by atoms with Crippen LogP contribution in [-0.2, 0) is 0 Å². The number of aromatic nitrogens is 4. The molecular weight excluding hydrogens is 448 g/mol. The normalized spacial score (nSPS) is 14.7. The van der Waals surface area contributed by atoms with E-state index in [0.29, 0.717) is 39.8 Å². The molecule has 1 aliphatic rings. The lowest BCUT2D eigenvalue weighted by atomic mass is 9.87. The standard InChI is InChI=1S/C26H16N4O3S/c1-14-11-12-34-22(14)18-19-21(16-9-5-6-10-17(16)32-26(19)31)33-25-20(18)24-28-23(29-30(24)13-27-25)15-7-3-2-4-8-15/h2-13,18H,1H3. The smallest absolute Gasteiger partial charge is 0.344 e. The molecule has 1 aliphatic heterocycles. The van der Waals surface area contributed by atoms with Crippen molar-refractivity contribution in [2.45, 2.75) is 12.8 Å². The van der Waals surface area contributed by atoms with Crippen molar-refractivity contribution in [1.29, 1.82) is 0 Å². The molecule has 0 amide bonds. The Morgan fingerprint density at radius 3 is 2.65 bits per heavy atom. The first kappa shape index (κ1) is 19.2. The highest BCUT2D eigenvalue weighted by atomic mass is 32.1. The molecule has 6 aromatic rings. The van der Waals surface area contributed by atoms with Crippen LogP contribution in [0.15, 0.2) is 81.6 Å². The molecule has 4 aromatic heterocycles. The maximum atomic E-state index is 13.4. The topological polar surface area (TPSA) is 82.5 Å². The van der Waals surface area contributed by atoms with Gasteiger partial charge in [0.1, 0.15) is 11.9 Å². The third-order valence-electron chi connectivity index (χ3n) is 6.16. The van der Waals surface area contributed by atoms with Gasteiger partial charge in [0, 0.05) is 10.4 Å². The molecule has 0 bridgehead atoms. The average Bonchev–Trinajstić information content (AvgIpc) is 3.49. The zero-order valence-corrected chi connectivity index (χ0v) is 18.7. The van der Waals surface area contributed by atoms with Crippen LogP contribution < -0.4 is 10.4 Å². The molecule has 7 nitrogen and oxygen atoms in total. The van der Waals surface area contributed by atoms with Crippen molar-refractivity contribution in [3.05, 3.63) is 104 Å². The van der Waals surface area contributed by atoms with Gasteiger partial charge >= 0.3 is 5.63 Å². The van der Waals surface area contributed by atoms with Crippen LogP contribution in [0.5, 0.6) is 11.6 Å². The number of fused-ring (bicyclic) bond motifs is 6. The Kier molecular flexibility index (Phi) is 4.01. The SMILES string of the molecule is Cc1ccsc1C1c2c(c3ccccc3oc2=O)Oc2ncn3nc(-c4ccccc4)nc3c21. The van der Waals surface area contributed by atoms with Crippen LogP contribution in [0.25, 0.3) is 28.0 Å². The van der Waals surface area contributed by atoms with E-state index < -0.39 is 11.5 Å². The summed E-state index contributed by atoms with van der Waals surface area (Å²) in [6.07, 6.45) is 1.60. The zero-order chi connectivity index (χ0) is 22.8. The molecule has 1 atom stereocenters. The minimum Gasteiger partial charge on any atom is -0.437 e. The summed E-state index contributed by atoms with van der Waals surface area (Å²) in [6.45, 7) is 2.04. The van der Waals surface area contributed by atoms with E-state index in [1.165, 1.54) is 0 Å². The molecule has 2 aromatic carbocycles. The Labute approximate surface area is 196 Å². The first-order chi connectivity index (χ1) is 16.7. The van der Waals surface area contributed by atoms with Gasteiger partial charge in [0.05, 0.1) is 22.4 Å². The van der Waals surface area contributed by atoms with Crippen molar-refractivity contribution in [2.24, 2.45) is 0 Å². The van der Waals surface area contributed by atoms with E-state index in [4.69, 9.17) is 14.1 Å². The van der Waals surface area contributed by atoms with Gasteiger partial charge in [-0.15, -0.1) is 16.4 Å². The number of benzene rings is 2. The van der Waals surface area contributed by atoms with Crippen LogP contribution in [-0.4, -0.2) is 19.6 Å². The third kappa shape index (κ3) is 2.69. The maximum absolute atomic E-state index is 13.4. The molecule has 0 fully saturated rings. The predicted octanol–water partition coefficient (Wildman–Crippen LogP) is 5.55. The van der Waals surface area contributed by atoms with Gasteiger partial charge in [0.25, 0.3) is 0 Å². The monoisotopic (exact) mass is 464 g/mol. The van der Waals surface area contributed by atoms with E-state index >= 15 is 0 Å². The summed E-state index contributed by atoms with van der Waals surface area (Å²) in [7, 11) is 0. The predicted molar refractivity (Wildman–Crippen MR) is 129 cm³/mol. The molecule has 164 valence electrons. The maximum Gasteiger partial charge on any atom is 0.344 e. The second-order valence-electron chi connectivity index (χ2n) is 8.16. The van der Waals surface area contributed by atoms with Crippen molar-refractivity contribution < 1.29 is 9.15 Å². The Hall–Kier alpha value is -4.30. The fraction of sp³-hybridized carbons (Fsp3) is 0.0769. The highest BCUT2D eigenvalue weighted by molar-refractivity contribution is 7.10. The summed E-state index contributed by atoms with van der Waals surface area (Å²) < 4.78 is 13.7. The summed E-state index contributed by atoms with van der Waals surface area (Å²) in [4.78, 5) is 23.8. The molecule has 0 radical (unpaired) electrons. The summed E-state index contributed by atoms with van der Waals surface area (Å²) in [5.41, 5.74) is 3.78. The van der Waals surface area contributed by atoms with Crippen LogP contribution in [0.4, 0.5) is 0 Å². The van der Waals surface area contributed by atoms with Crippen LogP contribution >= 0.6 is 11.3 Å². The van der Waals surface area contributed by atoms with Crippen LogP contribution in [0.3, 0.4) is 0 Å². The molecule has 5 heterocycles. The molecular formula is C26H16N4O3S. The molecule has 7 rings (SSSR count). The Bertz CT molecular complexity index is 1790. The molecule has 0 spiro atoms. The van der Waals surface area contributed by atoms with Crippen molar-refractivity contribution in [1.82, 2.24) is 19.6 Å². The van der Waals surface area contributed by atoms with Crippen LogP contribution in [0, 0.1) is 6.92 Å². The summed E-state index contributed by atoms with van der Waals surface area (Å²) in [5.74, 6) is 1.04. The number of para-hydroxylation sites is 1. The number of thiophene rings is 1. The first-order valence-corrected chi connectivity index (χ1v) is 11.7. The van der Waals surface area contributed by atoms with Gasteiger partial charge in [0.15, 0.2) is 17.2 Å². The van der Waals surface area contributed by atoms with Crippen LogP contribution in [0.2, 0.25) is 0 Å². The number of rotatable bonds is 2. The number of hydrogen-bond donors (Lipinski definition) is 0. The second-order valence-corrected chi connectivity index (χ2v) is 9.11. The lowest BCUT2D eigenvalue weighted by molar-refractivity contribution is 0.423. The van der Waals surface area contributed by atoms with Gasteiger partial charge in [-0.3, -0.25) is 0 Å². The number of nitrogens with zero attached hydrogens (tertiary/aromatic N) is 4. The summed E-state index contributed by atoms with van der Waals surface area (Å²) >= 11 is 1.59. The van der Waals surface area contributed by atoms with Crippen molar-refractivity contribution >= 4 is 28.0 Å². The van der Waals surface area contributed by atoms with Gasteiger partial charge in [-0.1, -0.05) is 42.5 Å². The fourth-order valence-corrected chi connectivity index (χ4v) is 5.63. The van der Waals surface area contributed by atoms with Gasteiger partial charge < -0.3 is 9.15 Å². The number of aryl methyl sites for hydroxylation is 1. The molecule has 0 aliphatic carbocycles. The lowest BCUT2D eigenvalue weighted by Gasteiger charge is -2.26. The van der Waals surface area contributed by atoms with E-state index in [2.05, 4.69) is 10.1 Å². The van der Waals surface area contributed by atoms with Crippen molar-refractivity contribution in [2.75, 3.05) is 0 Å². The average molecular weight is 465 g/mol. The Morgan fingerprint density at radius 1 is 1.00 bits per heavy atom. The minimum absolute atomic E-state index is 0.417. The van der Waals surface area contributed by atoms with Crippen molar-refractivity contribution in [3.63, 3.8) is 0 Å².